The number of carbonyl (C=O) groups is 2. The van der Waals surface area contributed by atoms with Crippen LogP contribution >= 0.6 is 0 Å². The molecule has 1 atom stereocenters. The molecular formula is C20H23FN2O3. The highest BCUT2D eigenvalue weighted by Crippen LogP contribution is 2.05. The zero-order chi connectivity index (χ0) is 18.8. The van der Waals surface area contributed by atoms with Crippen molar-refractivity contribution in [1.82, 2.24) is 10.6 Å². The molecule has 26 heavy (non-hydrogen) atoms. The van der Waals surface area contributed by atoms with Gasteiger partial charge < -0.3 is 15.4 Å². The van der Waals surface area contributed by atoms with Gasteiger partial charge in [0, 0.05) is 6.54 Å². The molecule has 2 rings (SSSR count). The van der Waals surface area contributed by atoms with Crippen LogP contribution in [0.5, 0.6) is 0 Å². The van der Waals surface area contributed by atoms with Crippen LogP contribution in [0.1, 0.15) is 24.5 Å². The molecule has 0 spiro atoms. The van der Waals surface area contributed by atoms with Crippen molar-refractivity contribution in [3.8, 4) is 0 Å². The minimum atomic E-state index is -0.691. The molecule has 0 aromatic heterocycles. The summed E-state index contributed by atoms with van der Waals surface area (Å²) in [7, 11) is 0. The zero-order valence-corrected chi connectivity index (χ0v) is 14.7. The van der Waals surface area contributed by atoms with Gasteiger partial charge in [-0.2, -0.15) is 0 Å². The van der Waals surface area contributed by atoms with E-state index in [0.717, 1.165) is 24.0 Å². The summed E-state index contributed by atoms with van der Waals surface area (Å²) in [5.41, 5.74) is 1.89. The minimum absolute atomic E-state index is 0.151. The Bertz CT molecular complexity index is 705. The number of hydrogen-bond donors (Lipinski definition) is 2. The maximum atomic E-state index is 12.8. The maximum absolute atomic E-state index is 12.8. The Hall–Kier alpha value is -2.89. The molecule has 0 heterocycles. The number of benzene rings is 2. The van der Waals surface area contributed by atoms with Gasteiger partial charge in [0.05, 0.1) is 0 Å². The van der Waals surface area contributed by atoms with Crippen LogP contribution in [0.2, 0.25) is 0 Å². The van der Waals surface area contributed by atoms with Crippen LogP contribution in [0, 0.1) is 5.82 Å². The van der Waals surface area contributed by atoms with Crippen molar-refractivity contribution < 1.29 is 18.7 Å². The lowest BCUT2D eigenvalue weighted by atomic mass is 10.1. The highest BCUT2D eigenvalue weighted by Gasteiger charge is 2.15. The molecule has 0 unspecified atom stereocenters. The summed E-state index contributed by atoms with van der Waals surface area (Å²) in [6, 6.07) is 14.9. The fourth-order valence-corrected chi connectivity index (χ4v) is 2.32. The molecule has 0 saturated heterocycles. The summed E-state index contributed by atoms with van der Waals surface area (Å²) in [5, 5.41) is 5.26. The van der Waals surface area contributed by atoms with E-state index in [0.29, 0.717) is 6.54 Å². The van der Waals surface area contributed by atoms with E-state index in [1.54, 1.807) is 19.1 Å². The van der Waals surface area contributed by atoms with Crippen molar-refractivity contribution in [2.45, 2.75) is 32.4 Å². The highest BCUT2D eigenvalue weighted by molar-refractivity contribution is 5.85. The van der Waals surface area contributed by atoms with E-state index in [2.05, 4.69) is 10.6 Å². The van der Waals surface area contributed by atoms with Gasteiger partial charge in [0.15, 0.2) is 0 Å². The van der Waals surface area contributed by atoms with E-state index >= 15 is 0 Å². The molecule has 0 bridgehead atoms. The fourth-order valence-electron chi connectivity index (χ4n) is 2.32. The van der Waals surface area contributed by atoms with Crippen LogP contribution in [0.15, 0.2) is 54.6 Å². The summed E-state index contributed by atoms with van der Waals surface area (Å²) in [5.74, 6) is -0.540. The average Bonchev–Trinajstić information content (AvgIpc) is 2.65. The third-order valence-electron chi connectivity index (χ3n) is 3.80. The predicted octanol–water partition coefficient (Wildman–Crippen LogP) is 3.19. The molecule has 0 saturated carbocycles. The second kappa shape index (κ2) is 10.2. The number of alkyl carbamates (subject to hydrolysis) is 1. The average molecular weight is 358 g/mol. The standard InChI is InChI=1S/C20H23FN2O3/c1-15(23-20(25)26-14-17-6-3-2-4-7-17)19(24)22-13-5-8-16-9-11-18(21)12-10-16/h2-4,6-7,9-12,15H,5,8,13-14H2,1H3,(H,22,24)(H,23,25)/t15-/m1/s1. The van der Waals surface area contributed by atoms with Crippen LogP contribution in [0.3, 0.4) is 0 Å². The lowest BCUT2D eigenvalue weighted by molar-refractivity contribution is -0.122. The molecule has 138 valence electrons. The molecule has 2 N–H and O–H groups in total. The van der Waals surface area contributed by atoms with Crippen LogP contribution < -0.4 is 10.6 Å². The van der Waals surface area contributed by atoms with Crippen molar-refractivity contribution in [1.29, 1.82) is 0 Å². The van der Waals surface area contributed by atoms with Crippen LogP contribution in [0.4, 0.5) is 9.18 Å². The van der Waals surface area contributed by atoms with Gasteiger partial charge in [-0.15, -0.1) is 0 Å². The topological polar surface area (TPSA) is 67.4 Å². The number of halogens is 1. The largest absolute Gasteiger partial charge is 0.445 e. The Morgan fingerprint density at radius 3 is 2.42 bits per heavy atom. The Labute approximate surface area is 152 Å². The number of hydrogen-bond acceptors (Lipinski definition) is 3. The molecule has 2 aromatic carbocycles. The number of nitrogens with one attached hydrogen (secondary N) is 2. The molecule has 5 nitrogen and oxygen atoms in total. The smallest absolute Gasteiger partial charge is 0.408 e. The quantitative estimate of drug-likeness (QED) is 0.712. The monoisotopic (exact) mass is 358 g/mol. The van der Waals surface area contributed by atoms with E-state index in [1.807, 2.05) is 30.3 Å². The third kappa shape index (κ3) is 6.93. The lowest BCUT2D eigenvalue weighted by Crippen LogP contribution is -2.45. The van der Waals surface area contributed by atoms with Gasteiger partial charge in [-0.05, 0) is 43.0 Å². The predicted molar refractivity (Wildman–Crippen MR) is 97.0 cm³/mol. The molecule has 0 fully saturated rings. The zero-order valence-electron chi connectivity index (χ0n) is 14.7. The van der Waals surface area contributed by atoms with Gasteiger partial charge in [-0.25, -0.2) is 9.18 Å². The third-order valence-corrected chi connectivity index (χ3v) is 3.80. The second-order valence-corrected chi connectivity index (χ2v) is 5.95. The number of aryl methyl sites for hydroxylation is 1. The van der Waals surface area contributed by atoms with E-state index in [4.69, 9.17) is 4.74 Å². The van der Waals surface area contributed by atoms with Crippen molar-refractivity contribution in [2.75, 3.05) is 6.54 Å². The molecule has 0 aliphatic carbocycles. The van der Waals surface area contributed by atoms with Gasteiger partial charge >= 0.3 is 6.09 Å². The van der Waals surface area contributed by atoms with Gasteiger partial charge in [0.25, 0.3) is 0 Å². The maximum Gasteiger partial charge on any atom is 0.408 e. The van der Waals surface area contributed by atoms with E-state index < -0.39 is 12.1 Å². The Balaban J connectivity index is 1.62. The normalized spacial score (nSPS) is 11.5. The fraction of sp³-hybridized carbons (Fsp3) is 0.300. The van der Waals surface area contributed by atoms with E-state index in [9.17, 15) is 14.0 Å². The first-order valence-electron chi connectivity index (χ1n) is 8.54. The van der Waals surface area contributed by atoms with Gasteiger partial charge in [-0.1, -0.05) is 42.5 Å². The Morgan fingerprint density at radius 2 is 1.73 bits per heavy atom. The first kappa shape index (κ1) is 19.4. The van der Waals surface area contributed by atoms with Crippen LogP contribution in [-0.2, 0) is 22.6 Å². The summed E-state index contributed by atoms with van der Waals surface area (Å²) >= 11 is 0. The van der Waals surface area contributed by atoms with E-state index in [1.165, 1.54) is 12.1 Å². The molecule has 6 heteroatoms. The lowest BCUT2D eigenvalue weighted by Gasteiger charge is -2.14. The number of carbonyl (C=O) groups excluding carboxylic acids is 2. The van der Waals surface area contributed by atoms with Gasteiger partial charge in [0.1, 0.15) is 18.5 Å². The first-order valence-corrected chi connectivity index (χ1v) is 8.54. The van der Waals surface area contributed by atoms with E-state index in [-0.39, 0.29) is 18.3 Å². The number of rotatable bonds is 8. The highest BCUT2D eigenvalue weighted by atomic mass is 19.1. The van der Waals surface area contributed by atoms with Gasteiger partial charge in [0.2, 0.25) is 5.91 Å². The van der Waals surface area contributed by atoms with Crippen molar-refractivity contribution in [3.05, 3.63) is 71.5 Å². The van der Waals surface area contributed by atoms with Gasteiger partial charge in [-0.3, -0.25) is 4.79 Å². The number of amides is 2. The molecule has 0 radical (unpaired) electrons. The molecule has 2 amide bonds. The second-order valence-electron chi connectivity index (χ2n) is 5.95. The summed E-state index contributed by atoms with van der Waals surface area (Å²) in [4.78, 5) is 23.7. The van der Waals surface area contributed by atoms with Crippen molar-refractivity contribution in [2.24, 2.45) is 0 Å². The summed E-state index contributed by atoms with van der Waals surface area (Å²) < 4.78 is 17.9. The first-order chi connectivity index (χ1) is 12.5. The van der Waals surface area contributed by atoms with Crippen molar-refractivity contribution >= 4 is 12.0 Å². The molecule has 0 aliphatic rings. The SMILES string of the molecule is C[C@@H](NC(=O)OCc1ccccc1)C(=O)NCCCc1ccc(F)cc1. The summed E-state index contributed by atoms with van der Waals surface area (Å²) in [6.45, 7) is 2.22. The van der Waals surface area contributed by atoms with Crippen LogP contribution in [0.25, 0.3) is 0 Å². The van der Waals surface area contributed by atoms with Crippen molar-refractivity contribution in [3.63, 3.8) is 0 Å². The Kier molecular flexibility index (Phi) is 7.61. The molecular weight excluding hydrogens is 335 g/mol. The molecule has 0 aliphatic heterocycles. The number of ether oxygens (including phenoxy) is 1. The summed E-state index contributed by atoms with van der Waals surface area (Å²) in [6.07, 6.45) is 0.826. The Morgan fingerprint density at radius 1 is 1.04 bits per heavy atom. The van der Waals surface area contributed by atoms with Crippen LogP contribution in [-0.4, -0.2) is 24.6 Å². The minimum Gasteiger partial charge on any atom is -0.445 e. The molecule has 2 aromatic rings.